The summed E-state index contributed by atoms with van der Waals surface area (Å²) < 4.78 is 10.9. The van der Waals surface area contributed by atoms with E-state index in [0.717, 1.165) is 18.3 Å². The Balaban J connectivity index is 3.78. The van der Waals surface area contributed by atoms with Gasteiger partial charge in [-0.3, -0.25) is 0 Å². The number of hydrogen-bond acceptors (Lipinski definition) is 3. The van der Waals surface area contributed by atoms with Gasteiger partial charge in [-0.2, -0.15) is 0 Å². The molecule has 92 valence electrons. The van der Waals surface area contributed by atoms with E-state index in [-0.39, 0.29) is 0 Å². The van der Waals surface area contributed by atoms with Crippen molar-refractivity contribution >= 4 is 18.8 Å². The fourth-order valence-electron chi connectivity index (χ4n) is 1.47. The quantitative estimate of drug-likeness (QED) is 0.593. The number of rotatable bonds is 8. The van der Waals surface area contributed by atoms with E-state index in [9.17, 15) is 0 Å². The van der Waals surface area contributed by atoms with Gasteiger partial charge in [0, 0.05) is 24.5 Å². The first-order chi connectivity index (χ1) is 6.99. The molecule has 0 saturated carbocycles. The lowest BCUT2D eigenvalue weighted by atomic mass is 10.4. The average Bonchev–Trinajstić information content (AvgIpc) is 2.27. The fourth-order valence-corrected chi connectivity index (χ4v) is 3.10. The lowest BCUT2D eigenvalue weighted by Crippen LogP contribution is -2.38. The minimum Gasteiger partial charge on any atom is -0.398 e. The molecule has 0 rings (SSSR count). The Bertz CT molecular complexity index is 166. The number of hydrogen-bond donors (Lipinski definition) is 0. The molecule has 0 bridgehead atoms. The maximum absolute atomic E-state index is 5.46. The van der Waals surface area contributed by atoms with Crippen molar-refractivity contribution in [1.29, 1.82) is 0 Å². The van der Waals surface area contributed by atoms with Gasteiger partial charge in [0.1, 0.15) is 0 Å². The van der Waals surface area contributed by atoms with Crippen LogP contribution in [0.1, 0.15) is 19.8 Å². The number of nitrogens with zero attached hydrogens (tertiary/aromatic N) is 1. The van der Waals surface area contributed by atoms with Crippen molar-refractivity contribution in [1.82, 2.24) is 4.90 Å². The maximum Gasteiger partial charge on any atom is 0.334 e. The summed E-state index contributed by atoms with van der Waals surface area (Å²) in [7, 11) is 5.18. The minimum atomic E-state index is -1.82. The Kier molecular flexibility index (Phi) is 7.72. The third kappa shape index (κ3) is 5.82. The van der Waals surface area contributed by atoms with Crippen molar-refractivity contribution in [2.45, 2.75) is 38.0 Å². The molecule has 1 atom stereocenters. The van der Waals surface area contributed by atoms with Gasteiger partial charge in [-0.25, -0.2) is 0 Å². The van der Waals surface area contributed by atoms with Crippen LogP contribution in [0, 0.1) is 0 Å². The molecular formula is C10H27NO2Si2. The molecular weight excluding hydrogens is 222 g/mol. The normalized spacial score (nSPS) is 14.8. The molecule has 5 heteroatoms. The Morgan fingerprint density at radius 1 is 1.33 bits per heavy atom. The molecule has 0 aliphatic rings. The molecule has 0 aromatic carbocycles. The zero-order valence-corrected chi connectivity index (χ0v) is 14.2. The van der Waals surface area contributed by atoms with Gasteiger partial charge in [0.15, 0.2) is 0 Å². The van der Waals surface area contributed by atoms with Crippen LogP contribution in [0.3, 0.4) is 0 Å². The second-order valence-corrected chi connectivity index (χ2v) is 9.30. The van der Waals surface area contributed by atoms with Crippen LogP contribution in [-0.2, 0) is 8.85 Å². The predicted molar refractivity (Wildman–Crippen MR) is 71.7 cm³/mol. The first kappa shape index (κ1) is 15.3. The van der Waals surface area contributed by atoms with E-state index in [1.165, 1.54) is 23.1 Å². The molecule has 0 aliphatic carbocycles. The second kappa shape index (κ2) is 7.56. The highest BCUT2D eigenvalue weighted by Gasteiger charge is 2.27. The van der Waals surface area contributed by atoms with Crippen LogP contribution >= 0.6 is 0 Å². The molecule has 3 nitrogen and oxygen atoms in total. The molecule has 0 radical (unpaired) electrons. The summed E-state index contributed by atoms with van der Waals surface area (Å²) >= 11 is 0. The SMILES string of the molecule is CCC([SiH3])N(C)CCC[Si](C)(OC)OC. The highest BCUT2D eigenvalue weighted by Crippen LogP contribution is 2.14. The van der Waals surface area contributed by atoms with Gasteiger partial charge >= 0.3 is 8.56 Å². The molecule has 0 aliphatic heterocycles. The molecule has 1 unspecified atom stereocenters. The van der Waals surface area contributed by atoms with Gasteiger partial charge in [0.2, 0.25) is 0 Å². The van der Waals surface area contributed by atoms with Gasteiger partial charge in [-0.05, 0) is 44.7 Å². The third-order valence-corrected chi connectivity index (χ3v) is 8.04. The summed E-state index contributed by atoms with van der Waals surface area (Å²) in [5, 5.41) is 0. The standard InChI is InChI=1S/C10H27NO2Si2/c1-6-10(14)11(2)8-7-9-15(5,12-3)13-4/h10H,6-9H2,1-5,14H3. The minimum absolute atomic E-state index is 0.808. The topological polar surface area (TPSA) is 21.7 Å². The first-order valence-corrected chi connectivity index (χ1v) is 9.47. The van der Waals surface area contributed by atoms with E-state index >= 15 is 0 Å². The van der Waals surface area contributed by atoms with E-state index < -0.39 is 8.56 Å². The third-order valence-electron chi connectivity index (χ3n) is 3.35. The highest BCUT2D eigenvalue weighted by molar-refractivity contribution is 6.65. The molecule has 15 heavy (non-hydrogen) atoms. The van der Waals surface area contributed by atoms with E-state index in [2.05, 4.69) is 25.4 Å². The maximum atomic E-state index is 5.46. The zero-order valence-electron chi connectivity index (χ0n) is 11.2. The van der Waals surface area contributed by atoms with Crippen molar-refractivity contribution in [2.75, 3.05) is 27.8 Å². The summed E-state index contributed by atoms with van der Waals surface area (Å²) in [5.74, 6) is 0. The molecule has 0 fully saturated rings. The highest BCUT2D eigenvalue weighted by atomic mass is 28.4. The Hall–Kier alpha value is 0.314. The Morgan fingerprint density at radius 2 is 1.87 bits per heavy atom. The lowest BCUT2D eigenvalue weighted by molar-refractivity contribution is 0.242. The molecule has 0 amide bonds. The van der Waals surface area contributed by atoms with Gasteiger partial charge < -0.3 is 13.8 Å². The molecule has 0 heterocycles. The summed E-state index contributed by atoms with van der Waals surface area (Å²) in [6.07, 6.45) is 2.45. The largest absolute Gasteiger partial charge is 0.398 e. The predicted octanol–water partition coefficient (Wildman–Crippen LogP) is 0.775. The Labute approximate surface area is 98.8 Å². The van der Waals surface area contributed by atoms with Gasteiger partial charge in [0.25, 0.3) is 0 Å². The van der Waals surface area contributed by atoms with Crippen molar-refractivity contribution in [3.63, 3.8) is 0 Å². The lowest BCUT2D eigenvalue weighted by Gasteiger charge is -2.26. The van der Waals surface area contributed by atoms with Crippen LogP contribution < -0.4 is 0 Å². The monoisotopic (exact) mass is 249 g/mol. The van der Waals surface area contributed by atoms with E-state index in [1.54, 1.807) is 14.2 Å². The van der Waals surface area contributed by atoms with E-state index in [4.69, 9.17) is 8.85 Å². The molecule has 0 N–H and O–H groups in total. The summed E-state index contributed by atoms with van der Waals surface area (Å²) in [6.45, 7) is 5.56. The van der Waals surface area contributed by atoms with Crippen LogP contribution in [0.25, 0.3) is 0 Å². The van der Waals surface area contributed by atoms with E-state index in [1.807, 2.05) is 0 Å². The first-order valence-electron chi connectivity index (χ1n) is 5.79. The smallest absolute Gasteiger partial charge is 0.334 e. The molecule has 0 spiro atoms. The van der Waals surface area contributed by atoms with Crippen molar-refractivity contribution in [3.05, 3.63) is 0 Å². The van der Waals surface area contributed by atoms with Crippen LogP contribution in [-0.4, -0.2) is 57.2 Å². The summed E-state index contributed by atoms with van der Waals surface area (Å²) in [5.41, 5.74) is 0.808. The second-order valence-electron chi connectivity index (χ2n) is 4.38. The van der Waals surface area contributed by atoms with Crippen molar-refractivity contribution < 1.29 is 8.85 Å². The van der Waals surface area contributed by atoms with Gasteiger partial charge in [-0.15, -0.1) is 0 Å². The van der Waals surface area contributed by atoms with Crippen LogP contribution in [0.15, 0.2) is 0 Å². The van der Waals surface area contributed by atoms with Crippen molar-refractivity contribution in [2.24, 2.45) is 0 Å². The summed E-state index contributed by atoms with van der Waals surface area (Å²) in [4.78, 5) is 2.46. The van der Waals surface area contributed by atoms with Crippen LogP contribution in [0.4, 0.5) is 0 Å². The molecule has 0 aromatic rings. The van der Waals surface area contributed by atoms with Crippen LogP contribution in [0.5, 0.6) is 0 Å². The molecule has 0 saturated heterocycles. The van der Waals surface area contributed by atoms with Crippen LogP contribution in [0.2, 0.25) is 12.6 Å². The fraction of sp³-hybridized carbons (Fsp3) is 1.00. The van der Waals surface area contributed by atoms with Crippen molar-refractivity contribution in [3.8, 4) is 0 Å². The van der Waals surface area contributed by atoms with Gasteiger partial charge in [0.05, 0.1) is 0 Å². The van der Waals surface area contributed by atoms with E-state index in [0.29, 0.717) is 0 Å². The summed E-state index contributed by atoms with van der Waals surface area (Å²) in [6, 6.07) is 1.09. The average molecular weight is 250 g/mol. The zero-order chi connectivity index (χ0) is 11.9. The molecule has 0 aromatic heterocycles. The van der Waals surface area contributed by atoms with Gasteiger partial charge in [-0.1, -0.05) is 6.92 Å². The Morgan fingerprint density at radius 3 is 2.27 bits per heavy atom.